The molecule has 0 saturated carbocycles. The average molecular weight is 446 g/mol. The lowest BCUT2D eigenvalue weighted by Crippen LogP contribution is -2.32. The molecule has 2 aromatic carbocycles. The highest BCUT2D eigenvalue weighted by molar-refractivity contribution is 7.16. The molecular weight excluding hydrogens is 414 g/mol. The number of phenolic OH excluding ortho intramolecular Hbond substituents is 1. The highest BCUT2D eigenvalue weighted by atomic mass is 32.1. The van der Waals surface area contributed by atoms with Crippen LogP contribution in [0.1, 0.15) is 36.1 Å². The number of benzene rings is 2. The van der Waals surface area contributed by atoms with Gasteiger partial charge in [-0.3, -0.25) is 4.79 Å². The van der Waals surface area contributed by atoms with E-state index in [0.29, 0.717) is 35.0 Å². The number of phenols is 1. The maximum absolute atomic E-state index is 11.6. The number of hydrogen-bond donors (Lipinski definition) is 5. The fourth-order valence-electron chi connectivity index (χ4n) is 3.56. The summed E-state index contributed by atoms with van der Waals surface area (Å²) in [5.41, 5.74) is 3.49. The molecule has 0 radical (unpaired) electrons. The number of aromatic amines is 1. The largest absolute Gasteiger partial charge is 0.506 e. The summed E-state index contributed by atoms with van der Waals surface area (Å²) in [5.74, 6) is 0.0131. The predicted octanol–water partition coefficient (Wildman–Crippen LogP) is 2.68. The van der Waals surface area contributed by atoms with Crippen LogP contribution in [-0.2, 0) is 17.7 Å². The molecule has 5 N–H and O–H groups in total. The Balaban J connectivity index is 1.50. The number of aliphatic hydroxyl groups excluding tert-OH is 1. The van der Waals surface area contributed by atoms with Crippen molar-refractivity contribution in [1.29, 1.82) is 0 Å². The van der Waals surface area contributed by atoms with Gasteiger partial charge in [0, 0.05) is 31.8 Å². The molecule has 1 aromatic heterocycles. The molecule has 2 atom stereocenters. The maximum atomic E-state index is 11.6. The number of aromatic nitrogens is 1. The molecule has 7 nitrogen and oxygen atoms in total. The SMILES string of the molecule is CC[C@H](COC)NCc1cccc(CCNC[C@H](O)c2ccc(O)c3[nH]c(=O)sc23)c1. The first-order valence-electron chi connectivity index (χ1n) is 10.6. The molecule has 0 spiro atoms. The van der Waals surface area contributed by atoms with Gasteiger partial charge in [0.25, 0.3) is 0 Å². The third-order valence-electron chi connectivity index (χ3n) is 5.32. The van der Waals surface area contributed by atoms with Crippen LogP contribution in [0.25, 0.3) is 10.2 Å². The molecule has 3 rings (SSSR count). The Bertz CT molecular complexity index is 1030. The van der Waals surface area contributed by atoms with Crippen molar-refractivity contribution in [3.63, 3.8) is 0 Å². The van der Waals surface area contributed by atoms with E-state index in [2.05, 4.69) is 46.8 Å². The number of nitrogens with one attached hydrogen (secondary N) is 3. The number of H-pyrrole nitrogens is 1. The lowest BCUT2D eigenvalue weighted by Gasteiger charge is -2.16. The number of aliphatic hydroxyl groups is 1. The predicted molar refractivity (Wildman–Crippen MR) is 125 cm³/mol. The van der Waals surface area contributed by atoms with Crippen LogP contribution in [0.15, 0.2) is 41.2 Å². The lowest BCUT2D eigenvalue weighted by molar-refractivity contribution is 0.164. The Hall–Kier alpha value is -2.23. The highest BCUT2D eigenvalue weighted by Crippen LogP contribution is 2.31. The average Bonchev–Trinajstić information content (AvgIpc) is 3.17. The topological polar surface area (TPSA) is 107 Å². The molecule has 0 saturated heterocycles. The number of ether oxygens (including phenoxy) is 1. The van der Waals surface area contributed by atoms with Gasteiger partial charge >= 0.3 is 4.87 Å². The summed E-state index contributed by atoms with van der Waals surface area (Å²) in [6.07, 6.45) is 1.10. The molecule has 168 valence electrons. The molecule has 0 aliphatic heterocycles. The Morgan fingerprint density at radius 3 is 2.81 bits per heavy atom. The molecule has 0 bridgehead atoms. The second-order valence-electron chi connectivity index (χ2n) is 7.62. The van der Waals surface area contributed by atoms with Gasteiger partial charge in [0.1, 0.15) is 11.3 Å². The number of methoxy groups -OCH3 is 1. The fraction of sp³-hybridized carbons (Fsp3) is 0.435. The van der Waals surface area contributed by atoms with E-state index in [1.54, 1.807) is 13.2 Å². The maximum Gasteiger partial charge on any atom is 0.305 e. The molecule has 8 heteroatoms. The minimum absolute atomic E-state index is 0.0131. The Morgan fingerprint density at radius 1 is 1.23 bits per heavy atom. The van der Waals surface area contributed by atoms with Crippen molar-refractivity contribution in [1.82, 2.24) is 15.6 Å². The van der Waals surface area contributed by atoms with Gasteiger partial charge in [-0.1, -0.05) is 48.6 Å². The van der Waals surface area contributed by atoms with Crippen molar-refractivity contribution >= 4 is 21.6 Å². The Morgan fingerprint density at radius 2 is 2.03 bits per heavy atom. The first kappa shape index (κ1) is 23.4. The van der Waals surface area contributed by atoms with Gasteiger partial charge in [-0.05, 0) is 36.6 Å². The van der Waals surface area contributed by atoms with Gasteiger partial charge in [0.2, 0.25) is 0 Å². The van der Waals surface area contributed by atoms with Gasteiger partial charge < -0.3 is 30.6 Å². The third-order valence-corrected chi connectivity index (χ3v) is 6.25. The first-order valence-corrected chi connectivity index (χ1v) is 11.4. The van der Waals surface area contributed by atoms with Crippen LogP contribution in [0, 0.1) is 0 Å². The molecule has 3 aromatic rings. The molecular formula is C23H31N3O4S. The van der Waals surface area contributed by atoms with Gasteiger partial charge in [0.15, 0.2) is 0 Å². The highest BCUT2D eigenvalue weighted by Gasteiger charge is 2.16. The summed E-state index contributed by atoms with van der Waals surface area (Å²) in [6.45, 7) is 4.74. The first-order chi connectivity index (χ1) is 15.0. The summed E-state index contributed by atoms with van der Waals surface area (Å²) in [4.78, 5) is 14.0. The molecule has 0 amide bonds. The smallest absolute Gasteiger partial charge is 0.305 e. The molecule has 0 aliphatic rings. The molecule has 31 heavy (non-hydrogen) atoms. The Kier molecular flexibility index (Phi) is 8.62. The molecule has 1 heterocycles. The van der Waals surface area contributed by atoms with Crippen molar-refractivity contribution in [2.75, 3.05) is 26.8 Å². The summed E-state index contributed by atoms with van der Waals surface area (Å²) < 4.78 is 5.83. The minimum Gasteiger partial charge on any atom is -0.506 e. The third kappa shape index (κ3) is 6.38. The van der Waals surface area contributed by atoms with E-state index in [1.165, 1.54) is 17.2 Å². The van der Waals surface area contributed by atoms with E-state index in [9.17, 15) is 15.0 Å². The van der Waals surface area contributed by atoms with Crippen LogP contribution >= 0.6 is 11.3 Å². The van der Waals surface area contributed by atoms with Crippen molar-refractivity contribution < 1.29 is 14.9 Å². The van der Waals surface area contributed by atoms with Crippen LogP contribution < -0.4 is 15.5 Å². The molecule has 0 fully saturated rings. The summed E-state index contributed by atoms with van der Waals surface area (Å²) >= 11 is 0.997. The standard InChI is InChI=1S/C23H31N3O4S/c1-3-17(14-30-2)25-12-16-6-4-5-15(11-16)9-10-24-13-20(28)18-7-8-19(27)21-22(18)31-23(29)26-21/h4-8,11,17,20,24-25,27-28H,3,9-10,12-14H2,1-2H3,(H,26,29)/t17-,20+/m1/s1. The normalized spacial score (nSPS) is 13.5. The second kappa shape index (κ2) is 11.4. The van der Waals surface area contributed by atoms with Crippen LogP contribution in [-0.4, -0.2) is 48.0 Å². The van der Waals surface area contributed by atoms with Gasteiger partial charge in [-0.25, -0.2) is 0 Å². The van der Waals surface area contributed by atoms with Crippen LogP contribution in [0.2, 0.25) is 0 Å². The zero-order valence-corrected chi connectivity index (χ0v) is 18.8. The van der Waals surface area contributed by atoms with Crippen LogP contribution in [0.4, 0.5) is 0 Å². The summed E-state index contributed by atoms with van der Waals surface area (Å²) in [5, 5.41) is 27.3. The van der Waals surface area contributed by atoms with Crippen LogP contribution in [0.5, 0.6) is 5.75 Å². The minimum atomic E-state index is -0.767. The van der Waals surface area contributed by atoms with E-state index in [0.717, 1.165) is 37.3 Å². The zero-order chi connectivity index (χ0) is 22.2. The van der Waals surface area contributed by atoms with Gasteiger partial charge in [0.05, 0.1) is 17.4 Å². The van der Waals surface area contributed by atoms with Gasteiger partial charge in [-0.15, -0.1) is 0 Å². The lowest BCUT2D eigenvalue weighted by atomic mass is 10.1. The number of thiazole rings is 1. The summed E-state index contributed by atoms with van der Waals surface area (Å²) in [6, 6.07) is 12.0. The van der Waals surface area contributed by atoms with Gasteiger partial charge in [-0.2, -0.15) is 0 Å². The van der Waals surface area contributed by atoms with Crippen molar-refractivity contribution in [2.24, 2.45) is 0 Å². The molecule has 0 aliphatic carbocycles. The number of aromatic hydroxyl groups is 1. The van der Waals surface area contributed by atoms with Crippen molar-refractivity contribution in [3.8, 4) is 5.75 Å². The van der Waals surface area contributed by atoms with Crippen molar-refractivity contribution in [2.45, 2.75) is 38.5 Å². The fourth-order valence-corrected chi connectivity index (χ4v) is 4.48. The quantitative estimate of drug-likeness (QED) is 0.275. The molecule has 0 unspecified atom stereocenters. The van der Waals surface area contributed by atoms with E-state index in [1.807, 2.05) is 0 Å². The Labute approximate surface area is 186 Å². The zero-order valence-electron chi connectivity index (χ0n) is 18.0. The van der Waals surface area contributed by atoms with E-state index >= 15 is 0 Å². The number of rotatable bonds is 12. The van der Waals surface area contributed by atoms with Crippen molar-refractivity contribution in [3.05, 3.63) is 62.8 Å². The summed E-state index contributed by atoms with van der Waals surface area (Å²) in [7, 11) is 1.72. The van der Waals surface area contributed by atoms with E-state index < -0.39 is 6.10 Å². The number of fused-ring (bicyclic) bond motifs is 1. The second-order valence-corrected chi connectivity index (χ2v) is 8.61. The monoisotopic (exact) mass is 445 g/mol. The van der Waals surface area contributed by atoms with E-state index in [-0.39, 0.29) is 10.6 Å². The van der Waals surface area contributed by atoms with E-state index in [4.69, 9.17) is 4.74 Å². The number of hydrogen-bond acceptors (Lipinski definition) is 7. The van der Waals surface area contributed by atoms with Crippen LogP contribution in [0.3, 0.4) is 0 Å².